The lowest BCUT2D eigenvalue weighted by molar-refractivity contribution is 0.415. The maximum Gasteiger partial charge on any atom is 0.249 e. The summed E-state index contributed by atoms with van der Waals surface area (Å²) in [5, 5.41) is 14.2. The van der Waals surface area contributed by atoms with Gasteiger partial charge < -0.3 is 15.4 Å². The highest BCUT2D eigenvalue weighted by Gasteiger charge is 2.03. The molecule has 128 valence electrons. The van der Waals surface area contributed by atoms with Crippen molar-refractivity contribution in [2.45, 2.75) is 6.42 Å². The highest BCUT2D eigenvalue weighted by Crippen LogP contribution is 2.19. The van der Waals surface area contributed by atoms with Crippen molar-refractivity contribution in [1.29, 1.82) is 0 Å². The first kappa shape index (κ1) is 16.6. The molecule has 0 amide bonds. The normalized spacial score (nSPS) is 10.3. The zero-order valence-electron chi connectivity index (χ0n) is 13.7. The Morgan fingerprint density at radius 3 is 2.76 bits per heavy atom. The fourth-order valence-corrected chi connectivity index (χ4v) is 2.26. The smallest absolute Gasteiger partial charge is 0.249 e. The van der Waals surface area contributed by atoms with E-state index in [2.05, 4.69) is 25.8 Å². The lowest BCUT2D eigenvalue weighted by Crippen LogP contribution is -2.08. The van der Waals surface area contributed by atoms with Gasteiger partial charge in [-0.3, -0.25) is 0 Å². The summed E-state index contributed by atoms with van der Waals surface area (Å²) in [7, 11) is 1.61. The molecule has 3 aromatic rings. The molecule has 25 heavy (non-hydrogen) atoms. The maximum absolute atomic E-state index is 12.9. The van der Waals surface area contributed by atoms with E-state index in [1.807, 2.05) is 24.3 Å². The molecule has 0 aliphatic heterocycles. The quantitative estimate of drug-likeness (QED) is 0.687. The number of nitrogens with zero attached hydrogens (tertiary/aromatic N) is 3. The molecular weight excluding hydrogens is 321 g/mol. The van der Waals surface area contributed by atoms with E-state index in [0.717, 1.165) is 23.4 Å². The number of anilines is 3. The molecule has 0 fully saturated rings. The van der Waals surface area contributed by atoms with E-state index in [1.54, 1.807) is 25.4 Å². The van der Waals surface area contributed by atoms with Crippen molar-refractivity contribution in [1.82, 2.24) is 15.2 Å². The predicted octanol–water partition coefficient (Wildman–Crippen LogP) is 3.42. The molecule has 2 aromatic carbocycles. The highest BCUT2D eigenvalue weighted by atomic mass is 19.1. The maximum atomic E-state index is 12.9. The Hall–Kier alpha value is -3.22. The van der Waals surface area contributed by atoms with Crippen LogP contribution in [0.3, 0.4) is 0 Å². The Morgan fingerprint density at radius 1 is 1.12 bits per heavy atom. The molecule has 0 saturated heterocycles. The zero-order chi connectivity index (χ0) is 17.5. The molecule has 6 nitrogen and oxygen atoms in total. The van der Waals surface area contributed by atoms with Crippen molar-refractivity contribution in [3.8, 4) is 5.75 Å². The van der Waals surface area contributed by atoms with Gasteiger partial charge in [0.15, 0.2) is 5.82 Å². The summed E-state index contributed by atoms with van der Waals surface area (Å²) < 4.78 is 18.1. The number of halogens is 1. The van der Waals surface area contributed by atoms with Crippen LogP contribution in [0.5, 0.6) is 5.75 Å². The van der Waals surface area contributed by atoms with Gasteiger partial charge in [-0.05, 0) is 36.2 Å². The first-order chi connectivity index (χ1) is 12.2. The van der Waals surface area contributed by atoms with Crippen LogP contribution in [0.4, 0.5) is 21.8 Å². The molecule has 3 rings (SSSR count). The van der Waals surface area contributed by atoms with E-state index < -0.39 is 0 Å². The molecule has 0 bridgehead atoms. The Bertz CT molecular complexity index is 826. The SMILES string of the molecule is COc1cccc(Nc2nncc(NCCc3ccc(F)cc3)n2)c1. The van der Waals surface area contributed by atoms with Crippen LogP contribution in [-0.2, 0) is 6.42 Å². The molecule has 0 unspecified atom stereocenters. The number of rotatable bonds is 7. The van der Waals surface area contributed by atoms with Crippen molar-refractivity contribution in [3.05, 3.63) is 66.1 Å². The average Bonchev–Trinajstić information content (AvgIpc) is 2.64. The largest absolute Gasteiger partial charge is 0.497 e. The summed E-state index contributed by atoms with van der Waals surface area (Å²) in [4.78, 5) is 4.37. The second kappa shape index (κ2) is 8.05. The van der Waals surface area contributed by atoms with Crippen molar-refractivity contribution in [2.24, 2.45) is 0 Å². The summed E-state index contributed by atoms with van der Waals surface area (Å²) in [5.41, 5.74) is 1.86. The minimum atomic E-state index is -0.232. The van der Waals surface area contributed by atoms with Crippen LogP contribution in [0.25, 0.3) is 0 Å². The summed E-state index contributed by atoms with van der Waals surface area (Å²) in [5.74, 6) is 1.51. The van der Waals surface area contributed by atoms with Crippen LogP contribution < -0.4 is 15.4 Å². The molecule has 0 aliphatic carbocycles. The topological polar surface area (TPSA) is 72.0 Å². The lowest BCUT2D eigenvalue weighted by atomic mass is 10.1. The molecule has 1 aromatic heterocycles. The molecule has 1 heterocycles. The van der Waals surface area contributed by atoms with Gasteiger partial charge in [0, 0.05) is 18.3 Å². The Kier molecular flexibility index (Phi) is 5.36. The number of nitrogens with one attached hydrogen (secondary N) is 2. The van der Waals surface area contributed by atoms with Gasteiger partial charge in [-0.15, -0.1) is 5.10 Å². The number of hydrogen-bond donors (Lipinski definition) is 2. The number of hydrogen-bond acceptors (Lipinski definition) is 6. The summed E-state index contributed by atoms with van der Waals surface area (Å²) >= 11 is 0. The van der Waals surface area contributed by atoms with Crippen molar-refractivity contribution in [3.63, 3.8) is 0 Å². The van der Waals surface area contributed by atoms with E-state index in [1.165, 1.54) is 12.1 Å². The molecule has 0 spiro atoms. The summed E-state index contributed by atoms with van der Waals surface area (Å²) in [6.07, 6.45) is 2.31. The molecular formula is C18H18FN5O. The van der Waals surface area contributed by atoms with Gasteiger partial charge in [0.2, 0.25) is 5.95 Å². The van der Waals surface area contributed by atoms with Crippen LogP contribution >= 0.6 is 0 Å². The molecule has 0 aliphatic rings. The van der Waals surface area contributed by atoms with Gasteiger partial charge in [0.05, 0.1) is 13.3 Å². The standard InChI is InChI=1S/C18H18FN5O/c1-25-16-4-2-3-15(11-16)22-18-23-17(12-21-24-18)20-10-9-13-5-7-14(19)8-6-13/h2-8,11-12H,9-10H2,1H3,(H2,20,22,23,24). The second-order valence-corrected chi connectivity index (χ2v) is 5.33. The van der Waals surface area contributed by atoms with E-state index in [9.17, 15) is 4.39 Å². The molecule has 2 N–H and O–H groups in total. The zero-order valence-corrected chi connectivity index (χ0v) is 13.7. The predicted molar refractivity (Wildman–Crippen MR) is 94.7 cm³/mol. The molecule has 0 atom stereocenters. The van der Waals surface area contributed by atoms with Gasteiger partial charge in [-0.25, -0.2) is 4.39 Å². The molecule has 0 radical (unpaired) electrons. The van der Waals surface area contributed by atoms with Gasteiger partial charge in [0.1, 0.15) is 11.6 Å². The van der Waals surface area contributed by atoms with Gasteiger partial charge >= 0.3 is 0 Å². The van der Waals surface area contributed by atoms with Crippen molar-refractivity contribution in [2.75, 3.05) is 24.3 Å². The summed E-state index contributed by atoms with van der Waals surface area (Å²) in [6, 6.07) is 13.9. The van der Waals surface area contributed by atoms with Crippen LogP contribution in [-0.4, -0.2) is 28.8 Å². The molecule has 0 saturated carbocycles. The van der Waals surface area contributed by atoms with Crippen LogP contribution in [0.15, 0.2) is 54.7 Å². The number of aromatic nitrogens is 3. The monoisotopic (exact) mass is 339 g/mol. The minimum absolute atomic E-state index is 0.232. The van der Waals surface area contributed by atoms with E-state index in [4.69, 9.17) is 4.74 Å². The van der Waals surface area contributed by atoms with Gasteiger partial charge in [-0.1, -0.05) is 18.2 Å². The second-order valence-electron chi connectivity index (χ2n) is 5.33. The number of methoxy groups -OCH3 is 1. The minimum Gasteiger partial charge on any atom is -0.497 e. The van der Waals surface area contributed by atoms with Crippen LogP contribution in [0.2, 0.25) is 0 Å². The first-order valence-corrected chi connectivity index (χ1v) is 7.82. The lowest BCUT2D eigenvalue weighted by Gasteiger charge is -2.08. The van der Waals surface area contributed by atoms with E-state index >= 15 is 0 Å². The third kappa shape index (κ3) is 4.87. The number of benzene rings is 2. The third-order valence-corrected chi connectivity index (χ3v) is 3.52. The van der Waals surface area contributed by atoms with Gasteiger partial charge in [-0.2, -0.15) is 10.1 Å². The highest BCUT2D eigenvalue weighted by molar-refractivity contribution is 5.56. The molecule has 7 heteroatoms. The van der Waals surface area contributed by atoms with Crippen molar-refractivity contribution < 1.29 is 9.13 Å². The Balaban J connectivity index is 1.58. The first-order valence-electron chi connectivity index (χ1n) is 7.82. The average molecular weight is 339 g/mol. The number of ether oxygens (including phenoxy) is 1. The van der Waals surface area contributed by atoms with Crippen LogP contribution in [0.1, 0.15) is 5.56 Å². The van der Waals surface area contributed by atoms with Crippen molar-refractivity contribution >= 4 is 17.5 Å². The fourth-order valence-electron chi connectivity index (χ4n) is 2.26. The van der Waals surface area contributed by atoms with E-state index in [-0.39, 0.29) is 5.82 Å². The fraction of sp³-hybridized carbons (Fsp3) is 0.167. The Morgan fingerprint density at radius 2 is 1.96 bits per heavy atom. The summed E-state index contributed by atoms with van der Waals surface area (Å²) in [6.45, 7) is 0.656. The Labute approximate surface area is 145 Å². The van der Waals surface area contributed by atoms with Gasteiger partial charge in [0.25, 0.3) is 0 Å². The van der Waals surface area contributed by atoms with E-state index in [0.29, 0.717) is 18.3 Å². The van der Waals surface area contributed by atoms with Crippen LogP contribution in [0, 0.1) is 5.82 Å². The third-order valence-electron chi connectivity index (χ3n) is 3.52.